The summed E-state index contributed by atoms with van der Waals surface area (Å²) in [4.78, 5) is 4.22. The molecule has 0 aliphatic heterocycles. The van der Waals surface area contributed by atoms with E-state index in [1.54, 1.807) is 4.68 Å². The molecule has 2 heterocycles. The second-order valence-electron chi connectivity index (χ2n) is 4.51. The number of nitrogen functional groups attached to an aromatic ring is 1. The Morgan fingerprint density at radius 1 is 1.06 bits per heavy atom. The number of aryl methyl sites for hydroxylation is 2. The Kier molecular flexibility index (Phi) is 2.01. The molecule has 0 amide bonds. The van der Waals surface area contributed by atoms with E-state index in [0.717, 1.165) is 21.9 Å². The lowest BCUT2D eigenvalue weighted by atomic mass is 10.0. The van der Waals surface area contributed by atoms with Crippen molar-refractivity contribution in [2.24, 2.45) is 0 Å². The molecule has 0 saturated carbocycles. The van der Waals surface area contributed by atoms with Gasteiger partial charge < -0.3 is 0 Å². The summed E-state index contributed by atoms with van der Waals surface area (Å²) in [7, 11) is 0. The van der Waals surface area contributed by atoms with Crippen molar-refractivity contribution in [1.29, 1.82) is 0 Å². The highest BCUT2D eigenvalue weighted by molar-refractivity contribution is 5.96. The number of hydrogen-bond acceptors (Lipinski definition) is 2. The quantitative estimate of drug-likeness (QED) is 0.360. The zero-order chi connectivity index (χ0) is 12.0. The van der Waals surface area contributed by atoms with Crippen molar-refractivity contribution in [3.05, 3.63) is 47.9 Å². The summed E-state index contributed by atoms with van der Waals surface area (Å²) >= 11 is 0. The molecule has 3 heteroatoms. The predicted octanol–water partition coefficient (Wildman–Crippen LogP) is 2.01. The summed E-state index contributed by atoms with van der Waals surface area (Å²) in [6.45, 7) is 4.12. The van der Waals surface area contributed by atoms with Gasteiger partial charge in [0.25, 0.3) is 0 Å². The van der Waals surface area contributed by atoms with E-state index in [2.05, 4.69) is 30.1 Å². The van der Waals surface area contributed by atoms with Crippen LogP contribution >= 0.6 is 0 Å². The molecule has 2 N–H and O–H groups in total. The van der Waals surface area contributed by atoms with E-state index in [1.807, 2.05) is 25.5 Å². The molecule has 17 heavy (non-hydrogen) atoms. The van der Waals surface area contributed by atoms with Crippen LogP contribution in [0, 0.1) is 13.8 Å². The SMILES string of the molecule is Cc1cc2cc3c(C)cncc3cc2[n+](N)c1. The van der Waals surface area contributed by atoms with E-state index in [1.165, 1.54) is 10.9 Å². The van der Waals surface area contributed by atoms with Gasteiger partial charge in [0.2, 0.25) is 11.7 Å². The maximum Gasteiger partial charge on any atom is 0.242 e. The highest BCUT2D eigenvalue weighted by Crippen LogP contribution is 2.22. The Morgan fingerprint density at radius 2 is 1.88 bits per heavy atom. The number of hydrogen-bond donors (Lipinski definition) is 1. The fourth-order valence-corrected chi connectivity index (χ4v) is 2.28. The molecule has 84 valence electrons. The van der Waals surface area contributed by atoms with Crippen molar-refractivity contribution in [1.82, 2.24) is 4.98 Å². The van der Waals surface area contributed by atoms with Gasteiger partial charge in [-0.05, 0) is 36.9 Å². The molecule has 3 aromatic rings. The van der Waals surface area contributed by atoms with E-state index < -0.39 is 0 Å². The van der Waals surface area contributed by atoms with Crippen LogP contribution in [0.1, 0.15) is 11.1 Å². The van der Waals surface area contributed by atoms with Gasteiger partial charge in [-0.3, -0.25) is 4.98 Å². The lowest BCUT2D eigenvalue weighted by molar-refractivity contribution is -0.611. The monoisotopic (exact) mass is 224 g/mol. The van der Waals surface area contributed by atoms with Crippen LogP contribution in [0.25, 0.3) is 21.7 Å². The molecular formula is C14H14N3+. The standard InChI is InChI=1S/C14H14N3/c1-9-3-11-4-13-10(2)6-16-7-12(13)5-14(11)17(15)8-9/h3-8H,15H2,1-2H3/q+1. The Hall–Kier alpha value is -2.16. The van der Waals surface area contributed by atoms with Gasteiger partial charge in [0.15, 0.2) is 0 Å². The molecule has 0 bridgehead atoms. The van der Waals surface area contributed by atoms with Crippen LogP contribution in [0.3, 0.4) is 0 Å². The molecular weight excluding hydrogens is 210 g/mol. The second kappa shape index (κ2) is 3.42. The summed E-state index contributed by atoms with van der Waals surface area (Å²) < 4.78 is 1.67. The van der Waals surface area contributed by atoms with Crippen LogP contribution in [0.5, 0.6) is 0 Å². The first-order valence-corrected chi connectivity index (χ1v) is 5.60. The smallest absolute Gasteiger partial charge is 0.242 e. The molecule has 0 aliphatic rings. The van der Waals surface area contributed by atoms with Crippen LogP contribution in [0.4, 0.5) is 0 Å². The van der Waals surface area contributed by atoms with Gasteiger partial charge in [-0.25, -0.2) is 5.84 Å². The first-order chi connectivity index (χ1) is 8.15. The molecule has 0 unspecified atom stereocenters. The number of nitrogens with zero attached hydrogens (tertiary/aromatic N) is 2. The largest absolute Gasteiger partial charge is 0.264 e. The van der Waals surface area contributed by atoms with Gasteiger partial charge in [0, 0.05) is 29.4 Å². The minimum absolute atomic E-state index is 1.02. The number of pyridine rings is 2. The second-order valence-corrected chi connectivity index (χ2v) is 4.51. The summed E-state index contributed by atoms with van der Waals surface area (Å²) in [5.74, 6) is 5.98. The molecule has 0 saturated heterocycles. The van der Waals surface area contributed by atoms with Crippen molar-refractivity contribution in [3.63, 3.8) is 0 Å². The number of aromatic nitrogens is 2. The van der Waals surface area contributed by atoms with Crippen LogP contribution < -0.4 is 10.5 Å². The third kappa shape index (κ3) is 1.51. The molecule has 2 aromatic heterocycles. The minimum atomic E-state index is 1.02. The molecule has 0 atom stereocenters. The van der Waals surface area contributed by atoms with E-state index in [-0.39, 0.29) is 0 Å². The van der Waals surface area contributed by atoms with Gasteiger partial charge >= 0.3 is 0 Å². The summed E-state index contributed by atoms with van der Waals surface area (Å²) in [6, 6.07) is 6.42. The molecule has 0 aliphatic carbocycles. The van der Waals surface area contributed by atoms with Crippen LogP contribution in [0.15, 0.2) is 36.8 Å². The molecule has 1 aromatic carbocycles. The van der Waals surface area contributed by atoms with Crippen molar-refractivity contribution in [2.75, 3.05) is 5.84 Å². The fraction of sp³-hybridized carbons (Fsp3) is 0.143. The van der Waals surface area contributed by atoms with E-state index in [4.69, 9.17) is 5.84 Å². The fourth-order valence-electron chi connectivity index (χ4n) is 2.28. The Bertz CT molecular complexity index is 732. The molecule has 0 radical (unpaired) electrons. The van der Waals surface area contributed by atoms with E-state index >= 15 is 0 Å². The summed E-state index contributed by atoms with van der Waals surface area (Å²) in [6.07, 6.45) is 5.69. The normalized spacial score (nSPS) is 11.2. The predicted molar refractivity (Wildman–Crippen MR) is 69.1 cm³/mol. The number of fused-ring (bicyclic) bond motifs is 2. The molecule has 0 spiro atoms. The lowest BCUT2D eigenvalue weighted by Crippen LogP contribution is -2.44. The van der Waals surface area contributed by atoms with Gasteiger partial charge in [0.05, 0.1) is 5.39 Å². The number of rotatable bonds is 0. The number of nitrogens with two attached hydrogens (primary N) is 1. The van der Waals surface area contributed by atoms with Gasteiger partial charge in [-0.1, -0.05) is 4.68 Å². The zero-order valence-corrected chi connectivity index (χ0v) is 9.94. The Balaban J connectivity index is 2.52. The van der Waals surface area contributed by atoms with Gasteiger partial charge in [-0.2, -0.15) is 0 Å². The van der Waals surface area contributed by atoms with Crippen LogP contribution in [0.2, 0.25) is 0 Å². The number of benzene rings is 1. The lowest BCUT2D eigenvalue weighted by Gasteiger charge is -2.03. The highest BCUT2D eigenvalue weighted by atomic mass is 15.3. The van der Waals surface area contributed by atoms with Crippen molar-refractivity contribution >= 4 is 21.7 Å². The van der Waals surface area contributed by atoms with Crippen molar-refractivity contribution in [3.8, 4) is 0 Å². The maximum absolute atomic E-state index is 5.98. The van der Waals surface area contributed by atoms with E-state index in [0.29, 0.717) is 0 Å². The Labute approximate surface area is 99.5 Å². The van der Waals surface area contributed by atoms with Crippen LogP contribution in [-0.4, -0.2) is 4.98 Å². The summed E-state index contributed by atoms with van der Waals surface area (Å²) in [5.41, 5.74) is 3.37. The van der Waals surface area contributed by atoms with Crippen molar-refractivity contribution < 1.29 is 4.68 Å². The molecule has 3 rings (SSSR count). The summed E-state index contributed by atoms with van der Waals surface area (Å²) in [5, 5.41) is 3.52. The topological polar surface area (TPSA) is 42.8 Å². The third-order valence-corrected chi connectivity index (χ3v) is 3.11. The minimum Gasteiger partial charge on any atom is -0.264 e. The average molecular weight is 224 g/mol. The highest BCUT2D eigenvalue weighted by Gasteiger charge is 2.09. The molecule has 3 nitrogen and oxygen atoms in total. The van der Waals surface area contributed by atoms with Crippen LogP contribution in [-0.2, 0) is 0 Å². The van der Waals surface area contributed by atoms with E-state index in [9.17, 15) is 0 Å². The zero-order valence-electron chi connectivity index (χ0n) is 9.94. The first kappa shape index (κ1) is 10.0. The van der Waals surface area contributed by atoms with Crippen molar-refractivity contribution in [2.45, 2.75) is 13.8 Å². The maximum atomic E-state index is 5.98. The average Bonchev–Trinajstić information content (AvgIpc) is 2.28. The Morgan fingerprint density at radius 3 is 2.71 bits per heavy atom. The van der Waals surface area contributed by atoms with Gasteiger partial charge in [0.1, 0.15) is 0 Å². The molecule has 0 fully saturated rings. The first-order valence-electron chi connectivity index (χ1n) is 5.60. The van der Waals surface area contributed by atoms with Gasteiger partial charge in [-0.15, -0.1) is 0 Å². The third-order valence-electron chi connectivity index (χ3n) is 3.11.